The molecule has 224 valence electrons. The number of aromatic hydroxyl groups is 2. The number of fused-ring (bicyclic) bond motifs is 1. The fourth-order valence-corrected chi connectivity index (χ4v) is 5.37. The maximum Gasteiger partial charge on any atom is 0.338 e. The zero-order valence-corrected chi connectivity index (χ0v) is 22.7. The molecular weight excluding hydrogens is 566 g/mol. The first-order chi connectivity index (χ1) is 19.3. The van der Waals surface area contributed by atoms with Gasteiger partial charge in [0, 0.05) is 29.7 Å². The van der Waals surface area contributed by atoms with Gasteiger partial charge in [-0.1, -0.05) is 0 Å². The van der Waals surface area contributed by atoms with Crippen LogP contribution >= 0.6 is 11.8 Å². The molecule has 1 aromatic rings. The molecule has 0 radical (unpaired) electrons. The first-order valence-electron chi connectivity index (χ1n) is 12.4. The fourth-order valence-electron chi connectivity index (χ4n) is 4.27. The molecule has 17 heteroatoms. The molecule has 1 aromatic carbocycles. The van der Waals surface area contributed by atoms with Crippen LogP contribution in [0.5, 0.6) is 11.5 Å². The van der Waals surface area contributed by atoms with Crippen LogP contribution in [-0.2, 0) is 34.5 Å². The molecule has 0 spiro atoms. The summed E-state index contributed by atoms with van der Waals surface area (Å²) in [5.41, 5.74) is 5.49. The van der Waals surface area contributed by atoms with Crippen molar-refractivity contribution in [3.05, 3.63) is 23.3 Å². The molecule has 16 nitrogen and oxygen atoms in total. The summed E-state index contributed by atoms with van der Waals surface area (Å²) in [6.45, 7) is -0.0898. The lowest BCUT2D eigenvalue weighted by Gasteiger charge is -2.29. The summed E-state index contributed by atoms with van der Waals surface area (Å²) in [6, 6.07) is -3.30. The lowest BCUT2D eigenvalue weighted by Crippen LogP contribution is -2.60. The predicted molar refractivity (Wildman–Crippen MR) is 140 cm³/mol. The summed E-state index contributed by atoms with van der Waals surface area (Å²) < 4.78 is 5.22. The van der Waals surface area contributed by atoms with E-state index in [4.69, 9.17) is 15.6 Å². The lowest BCUT2D eigenvalue weighted by molar-refractivity contribution is -0.142. The number of aliphatic hydroxyl groups excluding tert-OH is 1. The van der Waals surface area contributed by atoms with Crippen molar-refractivity contribution in [3.8, 4) is 11.5 Å². The molecule has 3 rings (SSSR count). The number of carbonyl (C=O) groups is 6. The van der Waals surface area contributed by atoms with E-state index < -0.39 is 90.5 Å². The number of cyclic esters (lactones) is 1. The van der Waals surface area contributed by atoms with Crippen LogP contribution in [0.1, 0.15) is 29.3 Å². The van der Waals surface area contributed by atoms with Gasteiger partial charge in [-0.05, 0) is 19.4 Å². The minimum absolute atomic E-state index is 0.0261. The number of carbonyl (C=O) groups excluding carboxylic acids is 5. The third-order valence-corrected chi connectivity index (χ3v) is 7.39. The maximum absolute atomic E-state index is 13.2. The van der Waals surface area contributed by atoms with Crippen LogP contribution in [-0.4, -0.2) is 117 Å². The van der Waals surface area contributed by atoms with E-state index in [2.05, 4.69) is 16.0 Å². The van der Waals surface area contributed by atoms with Crippen LogP contribution < -0.4 is 21.7 Å². The number of rotatable bonds is 6. The molecule has 1 saturated heterocycles. The largest absolute Gasteiger partial charge is 0.508 e. The second-order valence-corrected chi connectivity index (χ2v) is 10.5. The third-order valence-electron chi connectivity index (χ3n) is 6.33. The monoisotopic (exact) mass is 597 g/mol. The highest BCUT2D eigenvalue weighted by atomic mass is 32.2. The summed E-state index contributed by atoms with van der Waals surface area (Å²) in [5.74, 6) is -6.87. The number of nitrogens with zero attached hydrogens (tertiary/aromatic N) is 1. The number of hydrogen-bond donors (Lipinski definition) is 8. The highest BCUT2D eigenvalue weighted by Gasteiger charge is 2.43. The average molecular weight is 598 g/mol. The summed E-state index contributed by atoms with van der Waals surface area (Å²) in [6.07, 6.45) is -1.21. The molecule has 2 aliphatic heterocycles. The number of phenols is 2. The second-order valence-electron chi connectivity index (χ2n) is 9.46. The molecule has 5 atom stereocenters. The van der Waals surface area contributed by atoms with Gasteiger partial charge in [-0.15, -0.1) is 0 Å². The number of amides is 4. The highest BCUT2D eigenvalue weighted by molar-refractivity contribution is 7.98. The van der Waals surface area contributed by atoms with Gasteiger partial charge in [-0.25, -0.2) is 4.79 Å². The molecule has 0 unspecified atom stereocenters. The third kappa shape index (κ3) is 7.77. The number of phenolic OH excluding ortho intramolecular Hbond substituents is 2. The number of aliphatic carboxylic acids is 1. The zero-order chi connectivity index (χ0) is 30.4. The number of ether oxygens (including phenoxy) is 1. The van der Waals surface area contributed by atoms with E-state index >= 15 is 0 Å². The molecule has 2 heterocycles. The predicted octanol–water partition coefficient (Wildman–Crippen LogP) is -3.02. The van der Waals surface area contributed by atoms with Gasteiger partial charge in [0.15, 0.2) is 0 Å². The Bertz CT molecular complexity index is 1230. The number of esters is 1. The van der Waals surface area contributed by atoms with Crippen molar-refractivity contribution in [2.75, 3.05) is 25.4 Å². The van der Waals surface area contributed by atoms with Crippen molar-refractivity contribution >= 4 is 47.3 Å². The average Bonchev–Trinajstić information content (AvgIpc) is 3.29. The van der Waals surface area contributed by atoms with Gasteiger partial charge >= 0.3 is 11.9 Å². The molecule has 0 bridgehead atoms. The van der Waals surface area contributed by atoms with Crippen LogP contribution in [0.25, 0.3) is 0 Å². The first-order valence-corrected chi connectivity index (χ1v) is 13.6. The van der Waals surface area contributed by atoms with Crippen LogP contribution in [0.2, 0.25) is 0 Å². The van der Waals surface area contributed by atoms with Gasteiger partial charge in [0.25, 0.3) is 0 Å². The van der Waals surface area contributed by atoms with E-state index in [9.17, 15) is 44.1 Å². The quantitative estimate of drug-likeness (QED) is 0.152. The van der Waals surface area contributed by atoms with Crippen LogP contribution in [0, 0.1) is 0 Å². The Kier molecular flexibility index (Phi) is 10.4. The van der Waals surface area contributed by atoms with Crippen LogP contribution in [0.3, 0.4) is 0 Å². The maximum atomic E-state index is 13.2. The van der Waals surface area contributed by atoms with Crippen LogP contribution in [0.4, 0.5) is 0 Å². The Morgan fingerprint density at radius 1 is 1.22 bits per heavy atom. The topological polar surface area (TPSA) is 258 Å². The summed E-state index contributed by atoms with van der Waals surface area (Å²) in [5, 5.41) is 46.4. The van der Waals surface area contributed by atoms with Gasteiger partial charge in [-0.2, -0.15) is 11.8 Å². The minimum atomic E-state index is -1.64. The molecule has 9 N–H and O–H groups in total. The van der Waals surface area contributed by atoms with Gasteiger partial charge in [0.2, 0.25) is 23.6 Å². The smallest absolute Gasteiger partial charge is 0.338 e. The lowest BCUT2D eigenvalue weighted by atomic mass is 10.1. The van der Waals surface area contributed by atoms with Crippen molar-refractivity contribution in [1.82, 2.24) is 20.9 Å². The number of carboxylic acids is 1. The molecule has 1 fully saturated rings. The number of nitrogens with one attached hydrogen (secondary N) is 3. The summed E-state index contributed by atoms with van der Waals surface area (Å²) >= 11 is 0.998. The number of thioether (sulfide) groups is 1. The van der Waals surface area contributed by atoms with Gasteiger partial charge in [-0.3, -0.25) is 24.0 Å². The standard InChI is InChI=1S/C24H31N5O11S/c1-10(25)23(38)29-3-2-16(31)19(29)22(37)27-14-7-40-24(39)12-4-11(30)5-17(32)13(12)8-41-9-15(28-21(14)36)20(35)26-6-18(33)34/h4-5,10,14-16,19,30-32H,2-3,6-9,25H2,1H3,(H,26,35)(H,27,37)(H,28,36)(H,33,34)/t10-,14-,15+,16+,19-/m0/s1. The molecule has 2 aliphatic rings. The van der Waals surface area contributed by atoms with Gasteiger partial charge in [0.1, 0.15) is 42.8 Å². The summed E-state index contributed by atoms with van der Waals surface area (Å²) in [7, 11) is 0. The fraction of sp³-hybridized carbons (Fsp3) is 0.500. The van der Waals surface area contributed by atoms with Crippen molar-refractivity contribution in [3.63, 3.8) is 0 Å². The Morgan fingerprint density at radius 3 is 2.59 bits per heavy atom. The number of aliphatic hydroxyl groups is 1. The SMILES string of the molecule is C[C@H](N)C(=O)N1CC[C@@H](O)[C@H]1C(=O)N[C@H]1COC(=O)c2cc(O)cc(O)c2CSC[C@H](C(=O)NCC(=O)O)NC1=O. The van der Waals surface area contributed by atoms with Crippen LogP contribution in [0.15, 0.2) is 12.1 Å². The highest BCUT2D eigenvalue weighted by Crippen LogP contribution is 2.31. The van der Waals surface area contributed by atoms with E-state index in [1.807, 2.05) is 0 Å². The number of benzene rings is 1. The van der Waals surface area contributed by atoms with Crippen molar-refractivity contribution in [2.24, 2.45) is 5.73 Å². The number of likely N-dealkylation sites (tertiary alicyclic amines) is 1. The Labute approximate surface area is 237 Å². The minimum Gasteiger partial charge on any atom is -0.508 e. The molecule has 4 amide bonds. The molecular formula is C24H31N5O11S. The normalized spacial score (nSPS) is 24.0. The van der Waals surface area contributed by atoms with E-state index in [0.29, 0.717) is 0 Å². The number of hydrogen-bond acceptors (Lipinski definition) is 12. The molecule has 0 aromatic heterocycles. The first kappa shape index (κ1) is 31.4. The number of carboxylic acid groups (broad SMARTS) is 1. The zero-order valence-electron chi connectivity index (χ0n) is 21.9. The van der Waals surface area contributed by atoms with E-state index in [0.717, 1.165) is 28.8 Å². The van der Waals surface area contributed by atoms with Gasteiger partial charge < -0.3 is 51.7 Å². The van der Waals surface area contributed by atoms with Gasteiger partial charge in [0.05, 0.1) is 17.7 Å². The molecule has 41 heavy (non-hydrogen) atoms. The molecule has 0 aliphatic carbocycles. The van der Waals surface area contributed by atoms with E-state index in [1.54, 1.807) is 0 Å². The van der Waals surface area contributed by atoms with Crippen molar-refractivity contribution in [1.29, 1.82) is 0 Å². The Morgan fingerprint density at radius 2 is 1.93 bits per heavy atom. The van der Waals surface area contributed by atoms with E-state index in [1.165, 1.54) is 6.92 Å². The number of nitrogens with two attached hydrogens (primary N) is 1. The second kappa shape index (κ2) is 13.5. The summed E-state index contributed by atoms with van der Waals surface area (Å²) in [4.78, 5) is 76.5. The van der Waals surface area contributed by atoms with E-state index in [-0.39, 0.29) is 35.6 Å². The van der Waals surface area contributed by atoms with Crippen molar-refractivity contribution < 1.29 is 53.9 Å². The van der Waals surface area contributed by atoms with Crippen molar-refractivity contribution in [2.45, 2.75) is 49.4 Å². The Balaban J connectivity index is 1.92. The Hall–Kier alpha value is -4.09. The molecule has 0 saturated carbocycles.